The van der Waals surface area contributed by atoms with Crippen LogP contribution in [0.1, 0.15) is 37.7 Å². The van der Waals surface area contributed by atoms with Crippen LogP contribution in [0.15, 0.2) is 12.3 Å². The van der Waals surface area contributed by atoms with Gasteiger partial charge in [-0.3, -0.25) is 10.1 Å². The summed E-state index contributed by atoms with van der Waals surface area (Å²) in [5.74, 6) is 0.812. The molecule has 0 N–H and O–H groups in total. The molecule has 0 radical (unpaired) electrons. The summed E-state index contributed by atoms with van der Waals surface area (Å²) >= 11 is 0. The number of anilines is 1. The second-order valence-corrected chi connectivity index (χ2v) is 6.59. The van der Waals surface area contributed by atoms with Crippen LogP contribution in [0.2, 0.25) is 0 Å². The van der Waals surface area contributed by atoms with Gasteiger partial charge in [-0.1, -0.05) is 0 Å². The van der Waals surface area contributed by atoms with Crippen molar-refractivity contribution in [3.63, 3.8) is 0 Å². The molecule has 0 amide bonds. The van der Waals surface area contributed by atoms with E-state index < -0.39 is 0 Å². The zero-order chi connectivity index (χ0) is 16.9. The molecule has 1 aromatic heterocycles. The number of hydrogen-bond donors (Lipinski definition) is 0. The Bertz CT molecular complexity index is 567. The second-order valence-electron chi connectivity index (χ2n) is 6.59. The number of aromatic nitrogens is 1. The number of pyridine rings is 1. The summed E-state index contributed by atoms with van der Waals surface area (Å²) < 4.78 is 11.7. The van der Waals surface area contributed by atoms with Gasteiger partial charge in [-0.25, -0.2) is 4.98 Å². The Balaban J connectivity index is 1.48. The van der Waals surface area contributed by atoms with Crippen LogP contribution in [0, 0.1) is 17.0 Å². The molecule has 0 unspecified atom stereocenters. The quantitative estimate of drug-likeness (QED) is 0.608. The highest BCUT2D eigenvalue weighted by Crippen LogP contribution is 2.25. The highest BCUT2D eigenvalue weighted by Gasteiger charge is 2.23. The molecule has 3 heterocycles. The van der Waals surface area contributed by atoms with Crippen LogP contribution in [0.3, 0.4) is 0 Å². The summed E-state index contributed by atoms with van der Waals surface area (Å²) in [4.78, 5) is 16.9. The molecule has 3 rings (SSSR count). The van der Waals surface area contributed by atoms with Crippen molar-refractivity contribution in [2.45, 2.75) is 51.2 Å². The molecule has 2 fully saturated rings. The van der Waals surface area contributed by atoms with Gasteiger partial charge in [0.1, 0.15) is 12.0 Å². The predicted molar refractivity (Wildman–Crippen MR) is 90.4 cm³/mol. The first-order valence-corrected chi connectivity index (χ1v) is 8.72. The molecule has 2 saturated heterocycles. The van der Waals surface area contributed by atoms with Gasteiger partial charge in [0.25, 0.3) is 5.69 Å². The molecule has 1 aromatic rings. The van der Waals surface area contributed by atoms with Crippen molar-refractivity contribution < 1.29 is 14.4 Å². The van der Waals surface area contributed by atoms with Gasteiger partial charge in [0, 0.05) is 25.3 Å². The van der Waals surface area contributed by atoms with Crippen molar-refractivity contribution in [1.29, 1.82) is 0 Å². The molecule has 0 bridgehead atoms. The number of nitrogens with zero attached hydrogens (tertiary/aromatic N) is 3. The third kappa shape index (κ3) is 4.21. The number of piperidine rings is 1. The summed E-state index contributed by atoms with van der Waals surface area (Å²) in [7, 11) is 0. The van der Waals surface area contributed by atoms with E-state index in [4.69, 9.17) is 9.47 Å². The van der Waals surface area contributed by atoms with Crippen LogP contribution in [-0.2, 0) is 9.47 Å². The molecule has 0 spiro atoms. The summed E-state index contributed by atoms with van der Waals surface area (Å²) in [6.07, 6.45) is 7.28. The SMILES string of the molecule is Cc1cc(N2CCC(OC[C@H]3CCCCO3)CC2)ncc1[N+](=O)[O-]. The third-order valence-electron chi connectivity index (χ3n) is 4.82. The van der Waals surface area contributed by atoms with E-state index in [2.05, 4.69) is 9.88 Å². The molecule has 7 nitrogen and oxygen atoms in total. The smallest absolute Gasteiger partial charge is 0.290 e. The Labute approximate surface area is 142 Å². The number of rotatable bonds is 5. The minimum atomic E-state index is -0.389. The number of aryl methyl sites for hydroxylation is 1. The fourth-order valence-electron chi connectivity index (χ4n) is 3.33. The molecule has 1 atom stereocenters. The monoisotopic (exact) mass is 335 g/mol. The Kier molecular flexibility index (Phi) is 5.63. The van der Waals surface area contributed by atoms with Crippen LogP contribution in [-0.4, -0.2) is 48.4 Å². The van der Waals surface area contributed by atoms with Gasteiger partial charge < -0.3 is 14.4 Å². The fourth-order valence-corrected chi connectivity index (χ4v) is 3.33. The molecule has 0 saturated carbocycles. The van der Waals surface area contributed by atoms with E-state index in [0.717, 1.165) is 51.2 Å². The average Bonchev–Trinajstić information content (AvgIpc) is 2.61. The van der Waals surface area contributed by atoms with Crippen LogP contribution in [0.25, 0.3) is 0 Å². The largest absolute Gasteiger partial charge is 0.376 e. The minimum Gasteiger partial charge on any atom is -0.376 e. The zero-order valence-electron chi connectivity index (χ0n) is 14.1. The molecule has 2 aliphatic rings. The Hall–Kier alpha value is -1.73. The molecule has 2 aliphatic heterocycles. The van der Waals surface area contributed by atoms with E-state index in [1.54, 1.807) is 13.0 Å². The summed E-state index contributed by atoms with van der Waals surface area (Å²) in [6.45, 7) is 5.03. The second kappa shape index (κ2) is 7.90. The third-order valence-corrected chi connectivity index (χ3v) is 4.82. The lowest BCUT2D eigenvalue weighted by molar-refractivity contribution is -0.385. The van der Waals surface area contributed by atoms with Crippen LogP contribution in [0.5, 0.6) is 0 Å². The fraction of sp³-hybridized carbons (Fsp3) is 0.706. The maximum Gasteiger partial charge on any atom is 0.290 e. The normalized spacial score (nSPS) is 22.5. The van der Waals surface area contributed by atoms with Crippen molar-refractivity contribution >= 4 is 11.5 Å². The van der Waals surface area contributed by atoms with Crippen molar-refractivity contribution in [3.8, 4) is 0 Å². The molecule has 7 heteroatoms. The van der Waals surface area contributed by atoms with Gasteiger partial charge in [0.2, 0.25) is 0 Å². The van der Waals surface area contributed by atoms with E-state index in [0.29, 0.717) is 12.2 Å². The average molecular weight is 335 g/mol. The lowest BCUT2D eigenvalue weighted by Crippen LogP contribution is -2.38. The first-order chi connectivity index (χ1) is 11.6. The topological polar surface area (TPSA) is 77.7 Å². The molecular formula is C17H25N3O4. The molecule has 0 aromatic carbocycles. The standard InChI is InChI=1S/C17H25N3O4/c1-13-10-17(18-11-16(13)20(21)22)19-7-5-14(6-8-19)24-12-15-4-2-3-9-23-15/h10-11,14-15H,2-9,12H2,1H3/t15-/m1/s1. The van der Waals surface area contributed by atoms with Gasteiger partial charge in [0.05, 0.1) is 23.7 Å². The minimum absolute atomic E-state index is 0.0736. The van der Waals surface area contributed by atoms with Gasteiger partial charge in [0.15, 0.2) is 0 Å². The zero-order valence-corrected chi connectivity index (χ0v) is 14.1. The van der Waals surface area contributed by atoms with E-state index in [1.165, 1.54) is 12.6 Å². The summed E-state index contributed by atoms with van der Waals surface area (Å²) in [6, 6.07) is 1.80. The lowest BCUT2D eigenvalue weighted by atomic mass is 10.1. The van der Waals surface area contributed by atoms with E-state index in [9.17, 15) is 10.1 Å². The highest BCUT2D eigenvalue weighted by molar-refractivity contribution is 5.48. The number of nitro groups is 1. The highest BCUT2D eigenvalue weighted by atomic mass is 16.6. The van der Waals surface area contributed by atoms with Gasteiger partial charge >= 0.3 is 0 Å². The molecule has 0 aliphatic carbocycles. The van der Waals surface area contributed by atoms with E-state index in [1.807, 2.05) is 0 Å². The number of ether oxygens (including phenoxy) is 2. The first-order valence-electron chi connectivity index (χ1n) is 8.72. The maximum atomic E-state index is 10.9. The van der Waals surface area contributed by atoms with Crippen molar-refractivity contribution in [2.24, 2.45) is 0 Å². The van der Waals surface area contributed by atoms with Gasteiger partial charge in [-0.15, -0.1) is 0 Å². The molecule has 24 heavy (non-hydrogen) atoms. The lowest BCUT2D eigenvalue weighted by Gasteiger charge is -2.33. The maximum absolute atomic E-state index is 10.9. The van der Waals surface area contributed by atoms with E-state index in [-0.39, 0.29) is 22.8 Å². The number of hydrogen-bond acceptors (Lipinski definition) is 6. The van der Waals surface area contributed by atoms with Gasteiger partial charge in [-0.2, -0.15) is 0 Å². The van der Waals surface area contributed by atoms with Crippen molar-refractivity contribution in [3.05, 3.63) is 27.9 Å². The first kappa shape index (κ1) is 17.1. The Morgan fingerprint density at radius 1 is 1.38 bits per heavy atom. The summed E-state index contributed by atoms with van der Waals surface area (Å²) in [5.41, 5.74) is 0.724. The Morgan fingerprint density at radius 3 is 2.79 bits per heavy atom. The summed E-state index contributed by atoms with van der Waals surface area (Å²) in [5, 5.41) is 10.9. The van der Waals surface area contributed by atoms with Crippen molar-refractivity contribution in [2.75, 3.05) is 31.2 Å². The van der Waals surface area contributed by atoms with Crippen LogP contribution < -0.4 is 4.90 Å². The van der Waals surface area contributed by atoms with E-state index >= 15 is 0 Å². The van der Waals surface area contributed by atoms with Crippen LogP contribution in [0.4, 0.5) is 11.5 Å². The molecule has 132 valence electrons. The van der Waals surface area contributed by atoms with Crippen molar-refractivity contribution in [1.82, 2.24) is 4.98 Å². The van der Waals surface area contributed by atoms with Gasteiger partial charge in [-0.05, 0) is 45.1 Å². The predicted octanol–water partition coefficient (Wildman–Crippen LogP) is 2.85. The van der Waals surface area contributed by atoms with Crippen LogP contribution >= 0.6 is 0 Å². The molecular weight excluding hydrogens is 310 g/mol. The Morgan fingerprint density at radius 2 is 2.17 bits per heavy atom.